The van der Waals surface area contributed by atoms with Crippen LogP contribution in [-0.4, -0.2) is 59.5 Å². The lowest BCUT2D eigenvalue weighted by molar-refractivity contribution is -0.135. The predicted molar refractivity (Wildman–Crippen MR) is 161 cm³/mol. The first-order chi connectivity index (χ1) is 19.0. The zero-order valence-electron chi connectivity index (χ0n) is 24.4. The molecule has 2 aromatic rings. The topological polar surface area (TPSA) is 154 Å². The fourth-order valence-electron chi connectivity index (χ4n) is 4.14. The van der Waals surface area contributed by atoms with Gasteiger partial charge in [0.25, 0.3) is 0 Å². The standard InChI is InChI=1S/C26H40N2O9S2Si2/c1-27-38(31,32)23-15-11-21(12-16-23)35-25(29)9-7-19-40(3,4)37-41(5,6)20-8-10-26(30)36-22-13-17-24(18-14-22)39(33,34)28-2/h11-18,27-28H,7-10,19-20H2,1-6H3. The van der Waals surface area contributed by atoms with Crippen LogP contribution in [0.4, 0.5) is 0 Å². The summed E-state index contributed by atoms with van der Waals surface area (Å²) in [5, 5.41) is 0. The molecule has 0 atom stereocenters. The van der Waals surface area contributed by atoms with Crippen molar-refractivity contribution in [2.75, 3.05) is 14.1 Å². The Morgan fingerprint density at radius 1 is 0.634 bits per heavy atom. The van der Waals surface area contributed by atoms with E-state index >= 15 is 0 Å². The van der Waals surface area contributed by atoms with E-state index in [1.54, 1.807) is 0 Å². The normalized spacial score (nSPS) is 12.6. The summed E-state index contributed by atoms with van der Waals surface area (Å²) >= 11 is 0. The van der Waals surface area contributed by atoms with Gasteiger partial charge in [-0.15, -0.1) is 0 Å². The van der Waals surface area contributed by atoms with Crippen molar-refractivity contribution in [2.45, 2.75) is 73.8 Å². The first kappa shape index (κ1) is 34.8. The molecule has 15 heteroatoms. The molecule has 2 rings (SSSR count). The number of benzene rings is 2. The smallest absolute Gasteiger partial charge is 0.311 e. The summed E-state index contributed by atoms with van der Waals surface area (Å²) in [5.74, 6) is -0.230. The minimum Gasteiger partial charge on any atom is -0.455 e. The molecule has 2 aromatic carbocycles. The molecule has 0 aliphatic carbocycles. The van der Waals surface area contributed by atoms with Crippen molar-refractivity contribution in [3.63, 3.8) is 0 Å². The summed E-state index contributed by atoms with van der Waals surface area (Å²) < 4.78 is 68.9. The third-order valence-corrected chi connectivity index (χ3v) is 16.5. The van der Waals surface area contributed by atoms with E-state index in [2.05, 4.69) is 35.6 Å². The van der Waals surface area contributed by atoms with Crippen molar-refractivity contribution in [1.29, 1.82) is 0 Å². The second-order valence-electron chi connectivity index (χ2n) is 10.6. The van der Waals surface area contributed by atoms with Crippen molar-refractivity contribution in [2.24, 2.45) is 0 Å². The maximum Gasteiger partial charge on any atom is 0.311 e. The van der Waals surface area contributed by atoms with Crippen LogP contribution < -0.4 is 18.9 Å². The Morgan fingerprint density at radius 3 is 1.24 bits per heavy atom. The van der Waals surface area contributed by atoms with Crippen LogP contribution in [0.3, 0.4) is 0 Å². The molecule has 0 fully saturated rings. The lowest BCUT2D eigenvalue weighted by atomic mass is 10.3. The highest BCUT2D eigenvalue weighted by molar-refractivity contribution is 7.89. The zero-order valence-corrected chi connectivity index (χ0v) is 28.0. The number of hydrogen-bond acceptors (Lipinski definition) is 9. The van der Waals surface area contributed by atoms with Gasteiger partial charge in [0.05, 0.1) is 9.79 Å². The summed E-state index contributed by atoms with van der Waals surface area (Å²) in [6, 6.07) is 12.8. The number of carbonyl (C=O) groups is 2. The molecule has 0 aliphatic rings. The van der Waals surface area contributed by atoms with Gasteiger partial charge in [0.2, 0.25) is 20.0 Å². The van der Waals surface area contributed by atoms with Gasteiger partial charge >= 0.3 is 11.9 Å². The molecule has 0 radical (unpaired) electrons. The summed E-state index contributed by atoms with van der Waals surface area (Å²) in [6.07, 6.45) is 1.64. The van der Waals surface area contributed by atoms with E-state index in [9.17, 15) is 26.4 Å². The summed E-state index contributed by atoms with van der Waals surface area (Å²) in [5.41, 5.74) is 0. The largest absolute Gasteiger partial charge is 0.455 e. The summed E-state index contributed by atoms with van der Waals surface area (Å²) in [6.45, 7) is 8.45. The minimum atomic E-state index is -3.56. The predicted octanol–water partition coefficient (Wildman–Crippen LogP) is 4.00. The highest BCUT2D eigenvalue weighted by Crippen LogP contribution is 2.26. The van der Waals surface area contributed by atoms with Crippen molar-refractivity contribution in [1.82, 2.24) is 9.44 Å². The molecule has 0 aliphatic heterocycles. The first-order valence-corrected chi connectivity index (χ1v) is 22.4. The van der Waals surface area contributed by atoms with E-state index < -0.39 is 48.6 Å². The number of hydrogen-bond donors (Lipinski definition) is 2. The highest BCUT2D eigenvalue weighted by Gasteiger charge is 2.32. The molecule has 0 heterocycles. The zero-order chi connectivity index (χ0) is 30.9. The van der Waals surface area contributed by atoms with Gasteiger partial charge < -0.3 is 13.6 Å². The number of nitrogens with one attached hydrogen (secondary N) is 2. The van der Waals surface area contributed by atoms with Crippen LogP contribution in [0.15, 0.2) is 58.3 Å². The molecule has 11 nitrogen and oxygen atoms in total. The Labute approximate surface area is 245 Å². The third kappa shape index (κ3) is 11.8. The Morgan fingerprint density at radius 2 is 0.951 bits per heavy atom. The fraction of sp³-hybridized carbons (Fsp3) is 0.462. The first-order valence-electron chi connectivity index (χ1n) is 13.2. The Bertz CT molecular complexity index is 1290. The molecule has 2 N–H and O–H groups in total. The summed E-state index contributed by atoms with van der Waals surface area (Å²) in [7, 11) is -8.63. The van der Waals surface area contributed by atoms with Gasteiger partial charge in [-0.2, -0.15) is 0 Å². The number of esters is 2. The van der Waals surface area contributed by atoms with Gasteiger partial charge in [0, 0.05) is 12.8 Å². The molecule has 0 bridgehead atoms. The SMILES string of the molecule is CNS(=O)(=O)c1ccc(OC(=O)CCC[Si](C)(C)O[Si](C)(C)CCCC(=O)Oc2ccc(S(=O)(=O)NC)cc2)cc1. The van der Waals surface area contributed by atoms with E-state index in [0.29, 0.717) is 12.8 Å². The van der Waals surface area contributed by atoms with Gasteiger partial charge in [-0.25, -0.2) is 26.3 Å². The highest BCUT2D eigenvalue weighted by atomic mass is 32.2. The van der Waals surface area contributed by atoms with E-state index in [4.69, 9.17) is 13.6 Å². The third-order valence-electron chi connectivity index (χ3n) is 6.14. The van der Waals surface area contributed by atoms with Crippen molar-refractivity contribution >= 4 is 48.6 Å². The maximum absolute atomic E-state index is 12.3. The van der Waals surface area contributed by atoms with Crippen LogP contribution in [0.2, 0.25) is 38.3 Å². The molecule has 0 aromatic heterocycles. The minimum absolute atomic E-state index is 0.0861. The number of rotatable bonds is 16. The second kappa shape index (κ2) is 14.7. The molecule has 228 valence electrons. The van der Waals surface area contributed by atoms with E-state index in [1.807, 2.05) is 0 Å². The maximum atomic E-state index is 12.3. The quantitative estimate of drug-likeness (QED) is 0.157. The Kier molecular flexibility index (Phi) is 12.4. The fourth-order valence-corrected chi connectivity index (χ4v) is 14.5. The van der Waals surface area contributed by atoms with Crippen molar-refractivity contribution in [3.8, 4) is 11.5 Å². The average molecular weight is 645 g/mol. The van der Waals surface area contributed by atoms with Crippen LogP contribution in [-0.2, 0) is 33.8 Å². The molecule has 0 amide bonds. The van der Waals surface area contributed by atoms with Gasteiger partial charge in [0.15, 0.2) is 16.6 Å². The molecular formula is C26H40N2O9S2Si2. The van der Waals surface area contributed by atoms with E-state index in [-0.39, 0.29) is 34.1 Å². The van der Waals surface area contributed by atoms with Crippen LogP contribution in [0.1, 0.15) is 25.7 Å². The van der Waals surface area contributed by atoms with Crippen LogP contribution in [0, 0.1) is 0 Å². The van der Waals surface area contributed by atoms with Gasteiger partial charge in [-0.05, 0) is 114 Å². The lowest BCUT2D eigenvalue weighted by Crippen LogP contribution is -2.44. The molecule has 41 heavy (non-hydrogen) atoms. The number of carbonyl (C=O) groups excluding carboxylic acids is 2. The van der Waals surface area contributed by atoms with Gasteiger partial charge in [0.1, 0.15) is 11.5 Å². The van der Waals surface area contributed by atoms with E-state index in [0.717, 1.165) is 12.1 Å². The summed E-state index contributed by atoms with van der Waals surface area (Å²) in [4.78, 5) is 24.8. The Balaban J connectivity index is 1.74. The van der Waals surface area contributed by atoms with Gasteiger partial charge in [-0.3, -0.25) is 9.59 Å². The number of sulfonamides is 2. The molecule has 0 saturated carbocycles. The van der Waals surface area contributed by atoms with Crippen LogP contribution in [0.5, 0.6) is 11.5 Å². The monoisotopic (exact) mass is 644 g/mol. The van der Waals surface area contributed by atoms with Crippen LogP contribution in [0.25, 0.3) is 0 Å². The Hall–Kier alpha value is -2.41. The molecule has 0 unspecified atom stereocenters. The van der Waals surface area contributed by atoms with E-state index in [1.165, 1.54) is 62.6 Å². The lowest BCUT2D eigenvalue weighted by Gasteiger charge is -2.34. The van der Waals surface area contributed by atoms with Gasteiger partial charge in [-0.1, -0.05) is 0 Å². The van der Waals surface area contributed by atoms with Crippen molar-refractivity contribution in [3.05, 3.63) is 48.5 Å². The molecule has 0 saturated heterocycles. The molecular weight excluding hydrogens is 605 g/mol. The number of ether oxygens (including phenoxy) is 2. The molecule has 0 spiro atoms. The second-order valence-corrected chi connectivity index (χ2v) is 23.3. The van der Waals surface area contributed by atoms with Crippen LogP contribution >= 0.6 is 0 Å². The average Bonchev–Trinajstić information content (AvgIpc) is 2.88. The van der Waals surface area contributed by atoms with Crippen molar-refractivity contribution < 1.29 is 40.0 Å².